The van der Waals surface area contributed by atoms with Gasteiger partial charge < -0.3 is 10.4 Å². The molecular formula is C12H26N2O. The van der Waals surface area contributed by atoms with Crippen LogP contribution in [-0.4, -0.2) is 47.8 Å². The van der Waals surface area contributed by atoms with E-state index in [4.69, 9.17) is 0 Å². The van der Waals surface area contributed by atoms with Crippen LogP contribution in [0.3, 0.4) is 0 Å². The van der Waals surface area contributed by atoms with Gasteiger partial charge in [-0.3, -0.25) is 4.90 Å². The molecule has 0 amide bonds. The van der Waals surface area contributed by atoms with E-state index in [0.29, 0.717) is 6.04 Å². The van der Waals surface area contributed by atoms with E-state index in [1.54, 1.807) is 0 Å². The summed E-state index contributed by atoms with van der Waals surface area (Å²) in [5.74, 6) is 0. The molecule has 0 aromatic heterocycles. The molecule has 1 rings (SSSR count). The van der Waals surface area contributed by atoms with Crippen LogP contribution in [0, 0.1) is 0 Å². The molecule has 1 fully saturated rings. The van der Waals surface area contributed by atoms with Gasteiger partial charge in [-0.25, -0.2) is 0 Å². The first-order valence-corrected chi connectivity index (χ1v) is 6.16. The van der Waals surface area contributed by atoms with Gasteiger partial charge in [-0.15, -0.1) is 0 Å². The van der Waals surface area contributed by atoms with Gasteiger partial charge >= 0.3 is 0 Å². The van der Waals surface area contributed by atoms with Crippen molar-refractivity contribution in [3.63, 3.8) is 0 Å². The van der Waals surface area contributed by atoms with Gasteiger partial charge in [0.2, 0.25) is 0 Å². The summed E-state index contributed by atoms with van der Waals surface area (Å²) < 4.78 is 0. The first-order chi connectivity index (χ1) is 6.99. The van der Waals surface area contributed by atoms with Crippen molar-refractivity contribution in [1.29, 1.82) is 0 Å². The van der Waals surface area contributed by atoms with Gasteiger partial charge in [0.1, 0.15) is 0 Å². The summed E-state index contributed by atoms with van der Waals surface area (Å²) in [6.07, 6.45) is 3.22. The van der Waals surface area contributed by atoms with Crippen LogP contribution in [-0.2, 0) is 0 Å². The molecule has 15 heavy (non-hydrogen) atoms. The molecule has 0 radical (unpaired) electrons. The molecule has 3 nitrogen and oxygen atoms in total. The summed E-state index contributed by atoms with van der Waals surface area (Å²) >= 11 is 0. The average Bonchev–Trinajstić information content (AvgIpc) is 2.17. The fraction of sp³-hybridized carbons (Fsp3) is 1.00. The predicted octanol–water partition coefficient (Wildman–Crippen LogP) is 1.22. The van der Waals surface area contributed by atoms with Gasteiger partial charge in [0.05, 0.1) is 5.60 Å². The SMILES string of the molecule is CC(CCCC(C)(C)O)N1CCNCC1. The molecule has 90 valence electrons. The third-order valence-corrected chi connectivity index (χ3v) is 3.19. The van der Waals surface area contributed by atoms with E-state index in [-0.39, 0.29) is 0 Å². The van der Waals surface area contributed by atoms with Crippen LogP contribution < -0.4 is 5.32 Å². The minimum atomic E-state index is -0.497. The van der Waals surface area contributed by atoms with Gasteiger partial charge in [0.15, 0.2) is 0 Å². The highest BCUT2D eigenvalue weighted by atomic mass is 16.3. The fourth-order valence-electron chi connectivity index (χ4n) is 2.14. The molecule has 0 aliphatic carbocycles. The lowest BCUT2D eigenvalue weighted by Gasteiger charge is -2.33. The van der Waals surface area contributed by atoms with Gasteiger partial charge in [0.25, 0.3) is 0 Å². The Bertz CT molecular complexity index is 171. The van der Waals surface area contributed by atoms with Crippen LogP contribution >= 0.6 is 0 Å². The van der Waals surface area contributed by atoms with Gasteiger partial charge in [-0.2, -0.15) is 0 Å². The Kier molecular flexibility index (Phi) is 5.03. The summed E-state index contributed by atoms with van der Waals surface area (Å²) in [5, 5.41) is 13.0. The van der Waals surface area contributed by atoms with Crippen LogP contribution in [0.25, 0.3) is 0 Å². The van der Waals surface area contributed by atoms with Crippen molar-refractivity contribution in [1.82, 2.24) is 10.2 Å². The van der Waals surface area contributed by atoms with Gasteiger partial charge in [0, 0.05) is 32.2 Å². The molecule has 1 unspecified atom stereocenters. The van der Waals surface area contributed by atoms with E-state index in [9.17, 15) is 5.11 Å². The molecule has 0 aromatic rings. The van der Waals surface area contributed by atoms with Gasteiger partial charge in [-0.05, 0) is 40.0 Å². The first-order valence-electron chi connectivity index (χ1n) is 6.16. The Morgan fingerprint density at radius 2 is 1.93 bits per heavy atom. The summed E-state index contributed by atoms with van der Waals surface area (Å²) in [7, 11) is 0. The number of rotatable bonds is 5. The molecule has 3 heteroatoms. The molecule has 0 bridgehead atoms. The molecule has 1 aliphatic rings. The zero-order chi connectivity index (χ0) is 11.3. The second-order valence-corrected chi connectivity index (χ2v) is 5.34. The van der Waals surface area contributed by atoms with E-state index in [0.717, 1.165) is 25.9 Å². The molecule has 1 heterocycles. The van der Waals surface area contributed by atoms with Crippen molar-refractivity contribution in [2.75, 3.05) is 26.2 Å². The average molecular weight is 214 g/mol. The predicted molar refractivity (Wildman–Crippen MR) is 64.1 cm³/mol. The van der Waals surface area contributed by atoms with Crippen molar-refractivity contribution < 1.29 is 5.11 Å². The summed E-state index contributed by atoms with van der Waals surface area (Å²) in [6.45, 7) is 10.7. The maximum absolute atomic E-state index is 9.62. The third kappa shape index (κ3) is 5.50. The highest BCUT2D eigenvalue weighted by Crippen LogP contribution is 2.15. The van der Waals surface area contributed by atoms with E-state index >= 15 is 0 Å². The van der Waals surface area contributed by atoms with Crippen molar-refractivity contribution in [3.8, 4) is 0 Å². The van der Waals surface area contributed by atoms with Crippen LogP contribution in [0.15, 0.2) is 0 Å². The lowest BCUT2D eigenvalue weighted by Crippen LogP contribution is -2.47. The van der Waals surface area contributed by atoms with Crippen LogP contribution in [0.5, 0.6) is 0 Å². The molecule has 0 aromatic carbocycles. The summed E-state index contributed by atoms with van der Waals surface area (Å²) in [6, 6.07) is 0.662. The number of nitrogens with one attached hydrogen (secondary N) is 1. The fourth-order valence-corrected chi connectivity index (χ4v) is 2.14. The van der Waals surface area contributed by atoms with Crippen molar-refractivity contribution in [2.45, 2.75) is 51.7 Å². The highest BCUT2D eigenvalue weighted by Gasteiger charge is 2.17. The smallest absolute Gasteiger partial charge is 0.0591 e. The third-order valence-electron chi connectivity index (χ3n) is 3.19. The second-order valence-electron chi connectivity index (χ2n) is 5.34. The standard InChI is InChI=1S/C12H26N2O/c1-11(5-4-6-12(2,3)15)14-9-7-13-8-10-14/h11,13,15H,4-10H2,1-3H3. The Hall–Kier alpha value is -0.120. The van der Waals surface area contributed by atoms with E-state index in [1.165, 1.54) is 19.5 Å². The Labute approximate surface area is 93.9 Å². The number of aliphatic hydroxyl groups is 1. The zero-order valence-corrected chi connectivity index (χ0v) is 10.4. The largest absolute Gasteiger partial charge is 0.390 e. The Balaban J connectivity index is 2.14. The van der Waals surface area contributed by atoms with E-state index < -0.39 is 5.60 Å². The van der Waals surface area contributed by atoms with Crippen molar-refractivity contribution in [2.24, 2.45) is 0 Å². The highest BCUT2D eigenvalue weighted by molar-refractivity contribution is 4.74. The minimum Gasteiger partial charge on any atom is -0.390 e. The topological polar surface area (TPSA) is 35.5 Å². The lowest BCUT2D eigenvalue weighted by atomic mass is 9.99. The maximum Gasteiger partial charge on any atom is 0.0591 e. The molecular weight excluding hydrogens is 188 g/mol. The summed E-state index contributed by atoms with van der Waals surface area (Å²) in [4.78, 5) is 2.54. The molecule has 0 saturated carbocycles. The number of hydrogen-bond acceptors (Lipinski definition) is 3. The molecule has 1 atom stereocenters. The Morgan fingerprint density at radius 3 is 2.47 bits per heavy atom. The van der Waals surface area contributed by atoms with Crippen LogP contribution in [0.4, 0.5) is 0 Å². The number of piperazine rings is 1. The summed E-state index contributed by atoms with van der Waals surface area (Å²) in [5.41, 5.74) is -0.497. The van der Waals surface area contributed by atoms with Crippen LogP contribution in [0.1, 0.15) is 40.0 Å². The van der Waals surface area contributed by atoms with E-state index in [1.807, 2.05) is 13.8 Å². The molecule has 2 N–H and O–H groups in total. The van der Waals surface area contributed by atoms with Crippen molar-refractivity contribution in [3.05, 3.63) is 0 Å². The Morgan fingerprint density at radius 1 is 1.33 bits per heavy atom. The lowest BCUT2D eigenvalue weighted by molar-refractivity contribution is 0.0645. The monoisotopic (exact) mass is 214 g/mol. The molecule has 1 saturated heterocycles. The van der Waals surface area contributed by atoms with Crippen LogP contribution in [0.2, 0.25) is 0 Å². The van der Waals surface area contributed by atoms with E-state index in [2.05, 4.69) is 17.1 Å². The quantitative estimate of drug-likeness (QED) is 0.722. The zero-order valence-electron chi connectivity index (χ0n) is 10.4. The minimum absolute atomic E-state index is 0.497. The maximum atomic E-state index is 9.62. The first kappa shape index (κ1) is 12.9. The van der Waals surface area contributed by atoms with Crippen molar-refractivity contribution >= 4 is 0 Å². The number of hydrogen-bond donors (Lipinski definition) is 2. The molecule has 0 spiro atoms. The number of nitrogens with zero attached hydrogens (tertiary/aromatic N) is 1. The molecule has 1 aliphatic heterocycles. The normalized spacial score (nSPS) is 21.6. The van der Waals surface area contributed by atoms with Gasteiger partial charge in [-0.1, -0.05) is 0 Å². The second kappa shape index (κ2) is 5.83.